The highest BCUT2D eigenvalue weighted by molar-refractivity contribution is 5.65. The summed E-state index contributed by atoms with van der Waals surface area (Å²) in [6, 6.07) is 14.7. The van der Waals surface area contributed by atoms with Gasteiger partial charge < -0.3 is 10.2 Å². The normalized spacial score (nSPS) is 13.5. The van der Waals surface area contributed by atoms with Gasteiger partial charge in [0.05, 0.1) is 0 Å². The molecule has 0 amide bonds. The smallest absolute Gasteiger partial charge is 0.115 e. The summed E-state index contributed by atoms with van der Waals surface area (Å²) in [6.07, 6.45) is 2.98. The third kappa shape index (κ3) is 3.70. The summed E-state index contributed by atoms with van der Waals surface area (Å²) in [4.78, 5) is 0. The molecule has 2 N–H and O–H groups in total. The third-order valence-corrected chi connectivity index (χ3v) is 4.25. The van der Waals surface area contributed by atoms with Crippen molar-refractivity contribution in [3.05, 3.63) is 66.2 Å². The van der Waals surface area contributed by atoms with Crippen molar-refractivity contribution >= 4 is 5.57 Å². The molecule has 116 valence electrons. The van der Waals surface area contributed by atoms with Gasteiger partial charge in [0.1, 0.15) is 11.5 Å². The van der Waals surface area contributed by atoms with Crippen LogP contribution in [-0.4, -0.2) is 10.2 Å². The van der Waals surface area contributed by atoms with Crippen molar-refractivity contribution in [1.29, 1.82) is 0 Å². The Morgan fingerprint density at radius 1 is 0.955 bits per heavy atom. The van der Waals surface area contributed by atoms with E-state index in [1.54, 1.807) is 24.3 Å². The molecule has 1 atom stereocenters. The fraction of sp³-hybridized carbons (Fsp3) is 0.300. The Morgan fingerprint density at radius 3 is 1.95 bits per heavy atom. The average molecular weight is 296 g/mol. The summed E-state index contributed by atoms with van der Waals surface area (Å²) in [5.74, 6) is 0.561. The molecule has 0 aromatic heterocycles. The van der Waals surface area contributed by atoms with Crippen LogP contribution in [0.15, 0.2) is 55.1 Å². The maximum atomic E-state index is 9.50. The first kappa shape index (κ1) is 16.2. The van der Waals surface area contributed by atoms with Gasteiger partial charge in [0, 0.05) is 0 Å². The molecule has 1 unspecified atom stereocenters. The van der Waals surface area contributed by atoms with Crippen LogP contribution in [0.25, 0.3) is 5.57 Å². The van der Waals surface area contributed by atoms with Crippen molar-refractivity contribution in [3.63, 3.8) is 0 Å². The van der Waals surface area contributed by atoms with E-state index < -0.39 is 0 Å². The lowest BCUT2D eigenvalue weighted by Gasteiger charge is -2.31. The van der Waals surface area contributed by atoms with E-state index in [0.29, 0.717) is 5.75 Å². The van der Waals surface area contributed by atoms with E-state index in [0.717, 1.165) is 30.4 Å². The van der Waals surface area contributed by atoms with Gasteiger partial charge in [-0.2, -0.15) is 0 Å². The Balaban J connectivity index is 2.25. The predicted octanol–water partition coefficient (Wildman–Crippen LogP) is 5.26. The Morgan fingerprint density at radius 2 is 1.45 bits per heavy atom. The molecule has 22 heavy (non-hydrogen) atoms. The van der Waals surface area contributed by atoms with Crippen LogP contribution in [0.5, 0.6) is 11.5 Å². The first-order valence-electron chi connectivity index (χ1n) is 7.71. The number of allylic oxidation sites excluding steroid dienone is 1. The number of hydrogen-bond donors (Lipinski definition) is 2. The van der Waals surface area contributed by atoms with Crippen LogP contribution < -0.4 is 0 Å². The quantitative estimate of drug-likeness (QED) is 0.763. The van der Waals surface area contributed by atoms with Crippen LogP contribution in [0, 0.1) is 0 Å². The van der Waals surface area contributed by atoms with E-state index in [4.69, 9.17) is 0 Å². The number of rotatable bonds is 6. The SMILES string of the molecule is C=C(CC(C)(CCC)c1ccc(O)cc1)c1ccc(O)cc1. The lowest BCUT2D eigenvalue weighted by atomic mass is 9.73. The molecule has 0 saturated heterocycles. The Hall–Kier alpha value is -2.22. The van der Waals surface area contributed by atoms with Crippen molar-refractivity contribution < 1.29 is 10.2 Å². The van der Waals surface area contributed by atoms with Crippen molar-refractivity contribution in [2.75, 3.05) is 0 Å². The maximum Gasteiger partial charge on any atom is 0.115 e. The van der Waals surface area contributed by atoms with Crippen LogP contribution >= 0.6 is 0 Å². The Bertz CT molecular complexity index is 626. The minimum absolute atomic E-state index is 0.0164. The summed E-state index contributed by atoms with van der Waals surface area (Å²) < 4.78 is 0. The van der Waals surface area contributed by atoms with Crippen LogP contribution in [-0.2, 0) is 5.41 Å². The van der Waals surface area contributed by atoms with Crippen molar-refractivity contribution in [2.24, 2.45) is 0 Å². The molecule has 0 aliphatic rings. The highest BCUT2D eigenvalue weighted by Crippen LogP contribution is 2.38. The molecular formula is C20H24O2. The molecule has 2 aromatic rings. The minimum atomic E-state index is -0.0164. The fourth-order valence-electron chi connectivity index (χ4n) is 3.02. The summed E-state index contributed by atoms with van der Waals surface area (Å²) in [5.41, 5.74) is 3.31. The fourth-order valence-corrected chi connectivity index (χ4v) is 3.02. The topological polar surface area (TPSA) is 40.5 Å². The zero-order chi connectivity index (χ0) is 16.2. The largest absolute Gasteiger partial charge is 0.508 e. The van der Waals surface area contributed by atoms with E-state index in [2.05, 4.69) is 20.4 Å². The maximum absolute atomic E-state index is 9.50. The van der Waals surface area contributed by atoms with Gasteiger partial charge in [0.25, 0.3) is 0 Å². The van der Waals surface area contributed by atoms with Crippen molar-refractivity contribution in [1.82, 2.24) is 0 Å². The monoisotopic (exact) mass is 296 g/mol. The first-order valence-corrected chi connectivity index (χ1v) is 7.71. The lowest BCUT2D eigenvalue weighted by Crippen LogP contribution is -2.22. The van der Waals surface area contributed by atoms with Gasteiger partial charge in [-0.15, -0.1) is 0 Å². The van der Waals surface area contributed by atoms with E-state index in [9.17, 15) is 10.2 Å². The van der Waals surface area contributed by atoms with Gasteiger partial charge in [-0.3, -0.25) is 0 Å². The second-order valence-electron chi connectivity index (χ2n) is 6.18. The molecule has 0 aliphatic heterocycles. The third-order valence-electron chi connectivity index (χ3n) is 4.25. The molecule has 0 aliphatic carbocycles. The van der Waals surface area contributed by atoms with Crippen molar-refractivity contribution in [3.8, 4) is 11.5 Å². The molecule has 2 heteroatoms. The Kier molecular flexibility index (Phi) is 4.92. The number of phenolic OH excluding ortho intramolecular Hbond substituents is 2. The molecule has 0 saturated carbocycles. The van der Waals surface area contributed by atoms with Crippen molar-refractivity contribution in [2.45, 2.75) is 38.5 Å². The minimum Gasteiger partial charge on any atom is -0.508 e. The van der Waals surface area contributed by atoms with Crippen LogP contribution in [0.2, 0.25) is 0 Å². The molecule has 0 fully saturated rings. The van der Waals surface area contributed by atoms with Crippen LogP contribution in [0.4, 0.5) is 0 Å². The van der Waals surface area contributed by atoms with Gasteiger partial charge in [0.2, 0.25) is 0 Å². The highest BCUT2D eigenvalue weighted by atomic mass is 16.3. The number of aromatic hydroxyl groups is 2. The summed E-state index contributed by atoms with van der Waals surface area (Å²) >= 11 is 0. The predicted molar refractivity (Wildman–Crippen MR) is 92.1 cm³/mol. The molecule has 0 bridgehead atoms. The second kappa shape index (κ2) is 6.69. The van der Waals surface area contributed by atoms with Gasteiger partial charge in [0.15, 0.2) is 0 Å². The van der Waals surface area contributed by atoms with E-state index in [1.807, 2.05) is 24.3 Å². The van der Waals surface area contributed by atoms with Gasteiger partial charge >= 0.3 is 0 Å². The summed E-state index contributed by atoms with van der Waals surface area (Å²) in [5, 5.41) is 18.9. The molecule has 2 nitrogen and oxygen atoms in total. The van der Waals surface area contributed by atoms with Gasteiger partial charge in [-0.25, -0.2) is 0 Å². The van der Waals surface area contributed by atoms with E-state index in [1.165, 1.54) is 5.56 Å². The van der Waals surface area contributed by atoms with E-state index in [-0.39, 0.29) is 11.2 Å². The molecule has 2 rings (SSSR count). The van der Waals surface area contributed by atoms with Crippen LogP contribution in [0.1, 0.15) is 44.2 Å². The number of phenols is 2. The number of hydrogen-bond acceptors (Lipinski definition) is 2. The number of benzene rings is 2. The van der Waals surface area contributed by atoms with Crippen LogP contribution in [0.3, 0.4) is 0 Å². The Labute approximate surface area is 132 Å². The van der Waals surface area contributed by atoms with E-state index >= 15 is 0 Å². The highest BCUT2D eigenvalue weighted by Gasteiger charge is 2.27. The van der Waals surface area contributed by atoms with Gasteiger partial charge in [-0.05, 0) is 59.2 Å². The summed E-state index contributed by atoms with van der Waals surface area (Å²) in [7, 11) is 0. The zero-order valence-corrected chi connectivity index (χ0v) is 13.3. The molecule has 0 spiro atoms. The first-order chi connectivity index (χ1) is 10.4. The second-order valence-corrected chi connectivity index (χ2v) is 6.18. The molecular weight excluding hydrogens is 272 g/mol. The molecule has 0 radical (unpaired) electrons. The lowest BCUT2D eigenvalue weighted by molar-refractivity contribution is 0.436. The average Bonchev–Trinajstić information content (AvgIpc) is 2.48. The molecule has 2 aromatic carbocycles. The zero-order valence-electron chi connectivity index (χ0n) is 13.3. The van der Waals surface area contributed by atoms with Gasteiger partial charge in [-0.1, -0.05) is 51.1 Å². The molecule has 0 heterocycles. The summed E-state index contributed by atoms with van der Waals surface area (Å²) in [6.45, 7) is 8.66. The standard InChI is InChI=1S/C20H24O2/c1-4-13-20(3,17-7-11-19(22)12-8-17)14-15(2)16-5-9-18(21)10-6-16/h5-12,21-22H,2,4,13-14H2,1,3H3.